The molecule has 0 spiro atoms. The molecule has 1 fully saturated rings. The number of amides is 2. The van der Waals surface area contributed by atoms with Crippen LogP contribution >= 0.6 is 0 Å². The van der Waals surface area contributed by atoms with Gasteiger partial charge in [-0.1, -0.05) is 73.4 Å². The number of carbonyl (C=O) groups is 2. The van der Waals surface area contributed by atoms with Crippen molar-refractivity contribution in [2.24, 2.45) is 0 Å². The van der Waals surface area contributed by atoms with Crippen LogP contribution in [0.3, 0.4) is 0 Å². The van der Waals surface area contributed by atoms with Crippen LogP contribution in [0.5, 0.6) is 0 Å². The molecule has 2 aromatic carbocycles. The van der Waals surface area contributed by atoms with Crippen LogP contribution in [0.25, 0.3) is 5.57 Å². The Morgan fingerprint density at radius 2 is 1.65 bits per heavy atom. The molecule has 1 saturated carbocycles. The van der Waals surface area contributed by atoms with E-state index in [-0.39, 0.29) is 17.9 Å². The highest BCUT2D eigenvalue weighted by Crippen LogP contribution is 2.37. The topological polar surface area (TPSA) is 40.6 Å². The number of benzene rings is 2. The molecule has 4 rings (SSSR count). The summed E-state index contributed by atoms with van der Waals surface area (Å²) in [7, 11) is 0. The van der Waals surface area contributed by atoms with Gasteiger partial charge in [-0.15, -0.1) is 0 Å². The Labute approximate surface area is 185 Å². The SMILES string of the molecule is CCN(Cc1ccccc1)C1=C(c2ccc(C)cc2C)C(=O)N(C2CCCCC2)C1=O. The fourth-order valence-electron chi connectivity index (χ4n) is 4.99. The molecule has 4 heteroatoms. The summed E-state index contributed by atoms with van der Waals surface area (Å²) in [6, 6.07) is 16.3. The van der Waals surface area contributed by atoms with Crippen molar-refractivity contribution in [1.29, 1.82) is 0 Å². The summed E-state index contributed by atoms with van der Waals surface area (Å²) < 4.78 is 0. The Morgan fingerprint density at radius 3 is 2.29 bits per heavy atom. The minimum absolute atomic E-state index is 0.0161. The average molecular weight is 417 g/mol. The second-order valence-electron chi connectivity index (χ2n) is 8.81. The van der Waals surface area contributed by atoms with Gasteiger partial charge in [-0.3, -0.25) is 14.5 Å². The number of hydrogen-bond acceptors (Lipinski definition) is 3. The maximum absolute atomic E-state index is 13.8. The molecule has 1 aliphatic carbocycles. The first-order valence-electron chi connectivity index (χ1n) is 11.5. The quantitative estimate of drug-likeness (QED) is 0.605. The highest BCUT2D eigenvalue weighted by molar-refractivity contribution is 6.36. The summed E-state index contributed by atoms with van der Waals surface area (Å²) in [6.45, 7) is 7.41. The van der Waals surface area contributed by atoms with Gasteiger partial charge < -0.3 is 4.90 Å². The van der Waals surface area contributed by atoms with Gasteiger partial charge in [0.1, 0.15) is 5.70 Å². The molecule has 0 radical (unpaired) electrons. The monoisotopic (exact) mass is 416 g/mol. The number of hydrogen-bond donors (Lipinski definition) is 0. The summed E-state index contributed by atoms with van der Waals surface area (Å²) in [4.78, 5) is 31.2. The van der Waals surface area contributed by atoms with Crippen LogP contribution < -0.4 is 0 Å². The number of aryl methyl sites for hydroxylation is 2. The predicted octanol–water partition coefficient (Wildman–Crippen LogP) is 5.24. The van der Waals surface area contributed by atoms with Crippen molar-refractivity contribution in [3.05, 3.63) is 76.5 Å². The van der Waals surface area contributed by atoms with Gasteiger partial charge in [-0.2, -0.15) is 0 Å². The Kier molecular flexibility index (Phi) is 6.26. The van der Waals surface area contributed by atoms with E-state index in [1.807, 2.05) is 37.3 Å². The third-order valence-electron chi connectivity index (χ3n) is 6.60. The minimum Gasteiger partial charge on any atom is -0.362 e. The molecule has 0 saturated heterocycles. The van der Waals surface area contributed by atoms with Gasteiger partial charge in [0, 0.05) is 19.1 Å². The first kappa shape index (κ1) is 21.4. The van der Waals surface area contributed by atoms with Gasteiger partial charge in [0.25, 0.3) is 11.8 Å². The highest BCUT2D eigenvalue weighted by Gasteiger charge is 2.45. The lowest BCUT2D eigenvalue weighted by Crippen LogP contribution is -2.43. The van der Waals surface area contributed by atoms with Crippen LogP contribution in [0.4, 0.5) is 0 Å². The van der Waals surface area contributed by atoms with Gasteiger partial charge in [-0.25, -0.2) is 0 Å². The molecular weight excluding hydrogens is 384 g/mol. The van der Waals surface area contributed by atoms with Crippen molar-refractivity contribution in [3.63, 3.8) is 0 Å². The third-order valence-corrected chi connectivity index (χ3v) is 6.60. The second kappa shape index (κ2) is 9.09. The number of carbonyl (C=O) groups excluding carboxylic acids is 2. The van der Waals surface area contributed by atoms with E-state index in [0.717, 1.165) is 47.9 Å². The Balaban J connectivity index is 1.80. The van der Waals surface area contributed by atoms with Gasteiger partial charge in [-0.05, 0) is 50.3 Å². The standard InChI is InChI=1S/C27H32N2O2/c1-4-28(18-21-11-7-5-8-12-21)25-24(23-16-15-19(2)17-20(23)3)26(30)29(27(25)31)22-13-9-6-10-14-22/h5,7-8,11-12,15-17,22H,4,6,9-10,13-14,18H2,1-3H3. The van der Waals surface area contributed by atoms with Crippen molar-refractivity contribution >= 4 is 17.4 Å². The number of rotatable bonds is 6. The molecule has 0 aromatic heterocycles. The molecule has 1 aliphatic heterocycles. The molecule has 4 nitrogen and oxygen atoms in total. The summed E-state index contributed by atoms with van der Waals surface area (Å²) in [5.41, 5.74) is 5.34. The van der Waals surface area contributed by atoms with Crippen LogP contribution in [-0.2, 0) is 16.1 Å². The molecule has 0 atom stereocenters. The van der Waals surface area contributed by atoms with E-state index in [4.69, 9.17) is 0 Å². The van der Waals surface area contributed by atoms with E-state index >= 15 is 0 Å². The lowest BCUT2D eigenvalue weighted by molar-refractivity contribution is -0.141. The van der Waals surface area contributed by atoms with E-state index in [1.165, 1.54) is 6.42 Å². The van der Waals surface area contributed by atoms with Crippen molar-refractivity contribution in [2.45, 2.75) is 65.5 Å². The molecule has 2 aromatic rings. The summed E-state index contributed by atoms with van der Waals surface area (Å²) in [5.74, 6) is -0.241. The van der Waals surface area contributed by atoms with Crippen molar-refractivity contribution < 1.29 is 9.59 Å². The lowest BCUT2D eigenvalue weighted by atomic mass is 9.94. The fourth-order valence-corrected chi connectivity index (χ4v) is 4.99. The Morgan fingerprint density at radius 1 is 0.935 bits per heavy atom. The molecular formula is C27H32N2O2. The molecule has 2 aliphatic rings. The van der Waals surface area contributed by atoms with Gasteiger partial charge >= 0.3 is 0 Å². The van der Waals surface area contributed by atoms with E-state index in [1.54, 1.807) is 4.90 Å². The minimum atomic E-state index is -0.121. The summed E-state index contributed by atoms with van der Waals surface area (Å²) in [6.07, 6.45) is 5.17. The van der Waals surface area contributed by atoms with Crippen LogP contribution in [0, 0.1) is 13.8 Å². The Hall–Kier alpha value is -2.88. The lowest BCUT2D eigenvalue weighted by Gasteiger charge is -2.31. The van der Waals surface area contributed by atoms with Crippen LogP contribution in [0.2, 0.25) is 0 Å². The molecule has 0 unspecified atom stereocenters. The van der Waals surface area contributed by atoms with E-state index < -0.39 is 0 Å². The normalized spacial score (nSPS) is 17.6. The van der Waals surface area contributed by atoms with Crippen molar-refractivity contribution in [1.82, 2.24) is 9.80 Å². The number of nitrogens with zero attached hydrogens (tertiary/aromatic N) is 2. The average Bonchev–Trinajstić information content (AvgIpc) is 3.03. The first-order valence-corrected chi connectivity index (χ1v) is 11.5. The smallest absolute Gasteiger partial charge is 0.278 e. The summed E-state index contributed by atoms with van der Waals surface area (Å²) >= 11 is 0. The zero-order valence-corrected chi connectivity index (χ0v) is 18.9. The van der Waals surface area contributed by atoms with Crippen molar-refractivity contribution in [3.8, 4) is 0 Å². The van der Waals surface area contributed by atoms with Crippen LogP contribution in [-0.4, -0.2) is 34.2 Å². The van der Waals surface area contributed by atoms with Crippen molar-refractivity contribution in [2.75, 3.05) is 6.54 Å². The molecule has 0 bridgehead atoms. The summed E-state index contributed by atoms with van der Waals surface area (Å²) in [5, 5.41) is 0. The van der Waals surface area contributed by atoms with Gasteiger partial charge in [0.2, 0.25) is 0 Å². The zero-order valence-electron chi connectivity index (χ0n) is 18.9. The molecule has 0 N–H and O–H groups in total. The van der Waals surface area contributed by atoms with Crippen LogP contribution in [0.15, 0.2) is 54.2 Å². The number of likely N-dealkylation sites (N-methyl/N-ethyl adjacent to an activating group) is 1. The van der Waals surface area contributed by atoms with Gasteiger partial charge in [0.15, 0.2) is 0 Å². The fraction of sp³-hybridized carbons (Fsp3) is 0.407. The largest absolute Gasteiger partial charge is 0.362 e. The number of imide groups is 1. The van der Waals surface area contributed by atoms with Gasteiger partial charge in [0.05, 0.1) is 5.57 Å². The molecule has 1 heterocycles. The Bertz CT molecular complexity index is 1000. The first-order chi connectivity index (χ1) is 15.0. The molecule has 2 amide bonds. The molecule has 31 heavy (non-hydrogen) atoms. The maximum Gasteiger partial charge on any atom is 0.278 e. The van der Waals surface area contributed by atoms with E-state index in [0.29, 0.717) is 24.4 Å². The van der Waals surface area contributed by atoms with E-state index in [2.05, 4.69) is 36.9 Å². The van der Waals surface area contributed by atoms with E-state index in [9.17, 15) is 9.59 Å². The third kappa shape index (κ3) is 4.16. The predicted molar refractivity (Wildman–Crippen MR) is 124 cm³/mol. The zero-order chi connectivity index (χ0) is 22.0. The second-order valence-corrected chi connectivity index (χ2v) is 8.81. The van der Waals surface area contributed by atoms with Crippen LogP contribution in [0.1, 0.15) is 61.3 Å². The maximum atomic E-state index is 13.8. The molecule has 162 valence electrons. The highest BCUT2D eigenvalue weighted by atomic mass is 16.2.